The second-order valence-corrected chi connectivity index (χ2v) is 9.91. The van der Waals surface area contributed by atoms with Gasteiger partial charge < -0.3 is 14.6 Å². The van der Waals surface area contributed by atoms with Gasteiger partial charge in [0.05, 0.1) is 21.5 Å². The van der Waals surface area contributed by atoms with Crippen molar-refractivity contribution in [3.05, 3.63) is 68.7 Å². The maximum absolute atomic E-state index is 12.5. The first kappa shape index (κ1) is 24.8. The molecule has 176 valence electrons. The van der Waals surface area contributed by atoms with Crippen molar-refractivity contribution in [3.8, 4) is 17.0 Å². The molecule has 0 saturated carbocycles. The molecule has 4 rings (SSSR count). The van der Waals surface area contributed by atoms with Gasteiger partial charge in [-0.1, -0.05) is 58.7 Å². The average Bonchev–Trinajstić information content (AvgIpc) is 3.43. The van der Waals surface area contributed by atoms with Crippen LogP contribution in [0.5, 0.6) is 5.75 Å². The molecular weight excluding hydrogens is 537 g/mol. The molecule has 1 amide bonds. The van der Waals surface area contributed by atoms with E-state index in [0.717, 1.165) is 5.56 Å². The number of anilines is 1. The predicted molar refractivity (Wildman–Crippen MR) is 138 cm³/mol. The van der Waals surface area contributed by atoms with Crippen LogP contribution in [0.2, 0.25) is 15.1 Å². The van der Waals surface area contributed by atoms with Gasteiger partial charge in [-0.25, -0.2) is 4.98 Å². The molecule has 0 aliphatic heterocycles. The lowest BCUT2D eigenvalue weighted by Gasteiger charge is -2.09. The number of aromatic nitrogens is 4. The third kappa shape index (κ3) is 6.03. The van der Waals surface area contributed by atoms with E-state index in [1.165, 1.54) is 23.1 Å². The molecule has 12 heteroatoms. The van der Waals surface area contributed by atoms with Gasteiger partial charge in [-0.2, -0.15) is 0 Å². The smallest absolute Gasteiger partial charge is 0.236 e. The Kier molecular flexibility index (Phi) is 8.33. The number of rotatable bonds is 9. The average molecular weight is 555 g/mol. The monoisotopic (exact) mass is 553 g/mol. The predicted octanol–water partition coefficient (Wildman–Crippen LogP) is 6.69. The summed E-state index contributed by atoms with van der Waals surface area (Å²) in [5.41, 5.74) is 1.42. The minimum absolute atomic E-state index is 0.153. The Bertz CT molecular complexity index is 1310. The largest absolute Gasteiger partial charge is 0.484 e. The van der Waals surface area contributed by atoms with Crippen LogP contribution in [-0.4, -0.2) is 31.4 Å². The zero-order valence-electron chi connectivity index (χ0n) is 17.8. The van der Waals surface area contributed by atoms with Crippen molar-refractivity contribution in [2.45, 2.75) is 25.2 Å². The normalized spacial score (nSPS) is 10.9. The Hall–Kier alpha value is -2.30. The van der Waals surface area contributed by atoms with Gasteiger partial charge in [-0.3, -0.25) is 4.79 Å². The fraction of sp³-hybridized carbons (Fsp3) is 0.182. The van der Waals surface area contributed by atoms with E-state index < -0.39 is 0 Å². The number of thiazole rings is 1. The molecule has 1 N–H and O–H groups in total. The highest BCUT2D eigenvalue weighted by Crippen LogP contribution is 2.32. The molecule has 0 radical (unpaired) electrons. The second kappa shape index (κ2) is 11.4. The van der Waals surface area contributed by atoms with E-state index in [4.69, 9.17) is 39.5 Å². The van der Waals surface area contributed by atoms with Crippen LogP contribution in [0.3, 0.4) is 0 Å². The van der Waals surface area contributed by atoms with Gasteiger partial charge in [0.25, 0.3) is 0 Å². The number of amides is 1. The summed E-state index contributed by atoms with van der Waals surface area (Å²) in [5, 5.41) is 15.7. The van der Waals surface area contributed by atoms with Gasteiger partial charge in [0.15, 0.2) is 16.1 Å². The summed E-state index contributed by atoms with van der Waals surface area (Å²) in [6, 6.07) is 12.4. The zero-order valence-corrected chi connectivity index (χ0v) is 21.7. The molecule has 0 bridgehead atoms. The van der Waals surface area contributed by atoms with E-state index in [1.54, 1.807) is 30.3 Å². The first-order chi connectivity index (χ1) is 16.4. The van der Waals surface area contributed by atoms with E-state index in [0.29, 0.717) is 49.2 Å². The standard InChI is InChI=1S/C22H18Cl3N5O2S2/c1-2-30-19(10-32-18-6-4-3-5-15(18)24)28-29-22(30)34-12-20(31)27-21-26-17(11-33-21)14-8-7-13(23)9-16(14)25/h3-9,11H,2,10,12H2,1H3,(H,26,27,31). The number of carbonyl (C=O) groups is 1. The van der Waals surface area contributed by atoms with E-state index in [1.807, 2.05) is 29.0 Å². The number of hydrogen-bond acceptors (Lipinski definition) is 7. The molecule has 34 heavy (non-hydrogen) atoms. The van der Waals surface area contributed by atoms with Crippen molar-refractivity contribution >= 4 is 68.9 Å². The Balaban J connectivity index is 1.34. The Labute approximate surface area is 219 Å². The molecule has 0 saturated heterocycles. The number of benzene rings is 2. The van der Waals surface area contributed by atoms with Gasteiger partial charge in [-0.05, 0) is 37.3 Å². The zero-order chi connectivity index (χ0) is 24.1. The van der Waals surface area contributed by atoms with Gasteiger partial charge in [0.2, 0.25) is 5.91 Å². The molecule has 0 unspecified atom stereocenters. The molecule has 0 aliphatic rings. The fourth-order valence-corrected chi connectivity index (χ4v) is 5.24. The Morgan fingerprint density at radius 2 is 1.97 bits per heavy atom. The first-order valence-electron chi connectivity index (χ1n) is 10.1. The van der Waals surface area contributed by atoms with E-state index in [9.17, 15) is 4.79 Å². The fourth-order valence-electron chi connectivity index (χ4n) is 2.99. The number of halogens is 3. The minimum atomic E-state index is -0.201. The van der Waals surface area contributed by atoms with E-state index in [-0.39, 0.29) is 18.3 Å². The SMILES string of the molecule is CCn1c(COc2ccccc2Cl)nnc1SCC(=O)Nc1nc(-c2ccc(Cl)cc2Cl)cs1. The van der Waals surface area contributed by atoms with Gasteiger partial charge in [-0.15, -0.1) is 21.5 Å². The summed E-state index contributed by atoms with van der Waals surface area (Å²) in [6.07, 6.45) is 0. The summed E-state index contributed by atoms with van der Waals surface area (Å²) in [4.78, 5) is 16.9. The Morgan fingerprint density at radius 3 is 2.74 bits per heavy atom. The number of thioether (sulfide) groups is 1. The van der Waals surface area contributed by atoms with Crippen LogP contribution >= 0.6 is 57.9 Å². The number of carbonyl (C=O) groups excluding carboxylic acids is 1. The van der Waals surface area contributed by atoms with Crippen LogP contribution in [0.15, 0.2) is 53.0 Å². The maximum Gasteiger partial charge on any atom is 0.236 e. The van der Waals surface area contributed by atoms with Crippen molar-refractivity contribution in [2.24, 2.45) is 0 Å². The summed E-state index contributed by atoms with van der Waals surface area (Å²) in [5.74, 6) is 1.17. The quantitative estimate of drug-likeness (QED) is 0.232. The highest BCUT2D eigenvalue weighted by molar-refractivity contribution is 7.99. The number of ether oxygens (including phenoxy) is 1. The number of nitrogens with one attached hydrogen (secondary N) is 1. The molecule has 7 nitrogen and oxygen atoms in total. The van der Waals surface area contributed by atoms with Crippen LogP contribution in [-0.2, 0) is 17.9 Å². The number of para-hydroxylation sites is 1. The Morgan fingerprint density at radius 1 is 1.15 bits per heavy atom. The minimum Gasteiger partial charge on any atom is -0.484 e. The van der Waals surface area contributed by atoms with E-state index in [2.05, 4.69) is 20.5 Å². The van der Waals surface area contributed by atoms with Crippen LogP contribution in [0.4, 0.5) is 5.13 Å². The molecule has 0 atom stereocenters. The first-order valence-corrected chi connectivity index (χ1v) is 13.1. The topological polar surface area (TPSA) is 81.9 Å². The van der Waals surface area contributed by atoms with Crippen molar-refractivity contribution in [3.63, 3.8) is 0 Å². The summed E-state index contributed by atoms with van der Waals surface area (Å²) >= 11 is 21.0. The maximum atomic E-state index is 12.5. The van der Waals surface area contributed by atoms with Gasteiger partial charge >= 0.3 is 0 Å². The van der Waals surface area contributed by atoms with Gasteiger partial charge in [0, 0.05) is 22.5 Å². The molecule has 2 aromatic heterocycles. The lowest BCUT2D eigenvalue weighted by atomic mass is 10.2. The molecule has 0 spiro atoms. The molecule has 0 fully saturated rings. The third-order valence-electron chi connectivity index (χ3n) is 4.59. The highest BCUT2D eigenvalue weighted by atomic mass is 35.5. The van der Waals surface area contributed by atoms with Crippen molar-refractivity contribution in [1.29, 1.82) is 0 Å². The second-order valence-electron chi connectivity index (χ2n) is 6.86. The number of hydrogen-bond donors (Lipinski definition) is 1. The highest BCUT2D eigenvalue weighted by Gasteiger charge is 2.16. The molecule has 2 heterocycles. The lowest BCUT2D eigenvalue weighted by molar-refractivity contribution is -0.113. The lowest BCUT2D eigenvalue weighted by Crippen LogP contribution is -2.14. The van der Waals surface area contributed by atoms with Gasteiger partial charge in [0.1, 0.15) is 12.4 Å². The van der Waals surface area contributed by atoms with Crippen LogP contribution < -0.4 is 10.1 Å². The molecular formula is C22H18Cl3N5O2S2. The summed E-state index contributed by atoms with van der Waals surface area (Å²) in [7, 11) is 0. The molecule has 0 aliphatic carbocycles. The van der Waals surface area contributed by atoms with E-state index >= 15 is 0 Å². The van der Waals surface area contributed by atoms with Crippen LogP contribution in [0.1, 0.15) is 12.7 Å². The van der Waals surface area contributed by atoms with Crippen LogP contribution in [0.25, 0.3) is 11.3 Å². The van der Waals surface area contributed by atoms with Crippen molar-refractivity contribution in [2.75, 3.05) is 11.1 Å². The molecule has 2 aromatic carbocycles. The van der Waals surface area contributed by atoms with Crippen LogP contribution in [0, 0.1) is 0 Å². The molecule has 4 aromatic rings. The number of nitrogens with zero attached hydrogens (tertiary/aromatic N) is 4. The van der Waals surface area contributed by atoms with Crippen molar-refractivity contribution < 1.29 is 9.53 Å². The summed E-state index contributed by atoms with van der Waals surface area (Å²) < 4.78 is 7.67. The third-order valence-corrected chi connectivity index (χ3v) is 7.18. The van der Waals surface area contributed by atoms with Crippen molar-refractivity contribution in [1.82, 2.24) is 19.7 Å². The summed E-state index contributed by atoms with van der Waals surface area (Å²) in [6.45, 7) is 2.83.